The molecule has 0 radical (unpaired) electrons. The first-order chi connectivity index (χ1) is 18.4. The molecule has 198 valence electrons. The fourth-order valence-electron chi connectivity index (χ4n) is 5.40. The van der Waals surface area contributed by atoms with Gasteiger partial charge in [-0.3, -0.25) is 14.4 Å². The molecule has 4 N–H and O–H groups in total. The number of hydrogen-bond donors (Lipinski definition) is 4. The molecule has 2 aliphatic rings. The van der Waals surface area contributed by atoms with Gasteiger partial charge in [-0.2, -0.15) is 0 Å². The molecule has 0 fully saturated rings. The van der Waals surface area contributed by atoms with Crippen molar-refractivity contribution >= 4 is 28.5 Å². The van der Waals surface area contributed by atoms with Gasteiger partial charge in [0.15, 0.2) is 0 Å². The average molecular weight is 518 g/mol. The van der Waals surface area contributed by atoms with Gasteiger partial charge in [-0.05, 0) is 29.7 Å². The standard InChI is InChI=1S/C29H31N3O6/c1-2-23(34)29(37)32(13-11-18-15-17-7-3-5-9-21(17)31-18)22-16-20(28(36)30-12-14-33)25-19-8-4-6-10-24(19)38-27(25)26(22)35/h3-10,15-16,22,25-27,31,33,35H,2,11-14H2,1H3,(H,30,36)/t22-,25+,26+,27+/m1/s1. The molecule has 0 bridgehead atoms. The number of aromatic nitrogens is 1. The van der Waals surface area contributed by atoms with Crippen LogP contribution in [0.1, 0.15) is 30.5 Å². The van der Waals surface area contributed by atoms with Crippen molar-refractivity contribution in [3.63, 3.8) is 0 Å². The fourth-order valence-corrected chi connectivity index (χ4v) is 5.40. The summed E-state index contributed by atoms with van der Waals surface area (Å²) < 4.78 is 6.11. The number of carbonyl (C=O) groups excluding carboxylic acids is 3. The Labute approximate surface area is 220 Å². The summed E-state index contributed by atoms with van der Waals surface area (Å²) in [6.07, 6.45) is 0.00756. The van der Waals surface area contributed by atoms with Crippen molar-refractivity contribution in [2.24, 2.45) is 0 Å². The molecule has 1 aromatic heterocycles. The molecule has 1 aliphatic carbocycles. The lowest BCUT2D eigenvalue weighted by atomic mass is 9.77. The van der Waals surface area contributed by atoms with Gasteiger partial charge >= 0.3 is 0 Å². The van der Waals surface area contributed by atoms with Crippen molar-refractivity contribution in [2.45, 2.75) is 43.9 Å². The van der Waals surface area contributed by atoms with E-state index in [1.807, 2.05) is 48.5 Å². The Bertz CT molecular complexity index is 1360. The smallest absolute Gasteiger partial charge is 0.290 e. The topological polar surface area (TPSA) is 132 Å². The number of fused-ring (bicyclic) bond motifs is 4. The van der Waals surface area contributed by atoms with Gasteiger partial charge < -0.3 is 30.2 Å². The summed E-state index contributed by atoms with van der Waals surface area (Å²) in [6.45, 7) is 1.59. The molecule has 2 amide bonds. The minimum atomic E-state index is -1.18. The maximum absolute atomic E-state index is 13.3. The number of nitrogens with one attached hydrogen (secondary N) is 2. The van der Waals surface area contributed by atoms with Gasteiger partial charge in [0.25, 0.3) is 5.91 Å². The first-order valence-corrected chi connectivity index (χ1v) is 12.9. The molecule has 4 atom stereocenters. The molecule has 3 aromatic rings. The number of amides is 2. The van der Waals surface area contributed by atoms with E-state index in [1.54, 1.807) is 19.1 Å². The second kappa shape index (κ2) is 10.8. The third-order valence-corrected chi connectivity index (χ3v) is 7.27. The molecule has 5 rings (SSSR count). The van der Waals surface area contributed by atoms with Crippen LogP contribution in [-0.2, 0) is 20.8 Å². The molecule has 9 heteroatoms. The predicted molar refractivity (Wildman–Crippen MR) is 141 cm³/mol. The van der Waals surface area contributed by atoms with E-state index in [1.165, 1.54) is 4.90 Å². The summed E-state index contributed by atoms with van der Waals surface area (Å²) in [4.78, 5) is 43.8. The first-order valence-electron chi connectivity index (χ1n) is 12.9. The Morgan fingerprint density at radius 1 is 1.11 bits per heavy atom. The molecular formula is C29H31N3O6. The van der Waals surface area contributed by atoms with E-state index in [-0.39, 0.29) is 26.1 Å². The van der Waals surface area contributed by atoms with Crippen LogP contribution in [0.2, 0.25) is 0 Å². The number of benzene rings is 2. The van der Waals surface area contributed by atoms with Crippen molar-refractivity contribution in [3.8, 4) is 5.75 Å². The van der Waals surface area contributed by atoms with Crippen molar-refractivity contribution in [1.82, 2.24) is 15.2 Å². The number of nitrogens with zero attached hydrogens (tertiary/aromatic N) is 1. The number of para-hydroxylation sites is 2. The second-order valence-electron chi connectivity index (χ2n) is 9.59. The molecule has 1 aliphatic heterocycles. The van der Waals surface area contributed by atoms with Gasteiger partial charge in [0.05, 0.1) is 18.6 Å². The summed E-state index contributed by atoms with van der Waals surface area (Å²) in [7, 11) is 0. The molecule has 9 nitrogen and oxygen atoms in total. The molecular weight excluding hydrogens is 486 g/mol. The van der Waals surface area contributed by atoms with Crippen LogP contribution in [0, 0.1) is 0 Å². The maximum Gasteiger partial charge on any atom is 0.290 e. The number of H-pyrrole nitrogens is 1. The second-order valence-corrected chi connectivity index (χ2v) is 9.59. The van der Waals surface area contributed by atoms with Gasteiger partial charge in [-0.25, -0.2) is 0 Å². The number of aliphatic hydroxyl groups excluding tert-OH is 2. The molecule has 0 saturated heterocycles. The van der Waals surface area contributed by atoms with E-state index >= 15 is 0 Å². The summed E-state index contributed by atoms with van der Waals surface area (Å²) in [5, 5.41) is 24.5. The van der Waals surface area contributed by atoms with Crippen molar-refractivity contribution in [2.75, 3.05) is 19.7 Å². The molecule has 0 spiro atoms. The highest BCUT2D eigenvalue weighted by atomic mass is 16.5. The van der Waals surface area contributed by atoms with E-state index in [2.05, 4.69) is 10.3 Å². The van der Waals surface area contributed by atoms with Crippen molar-refractivity contribution in [1.29, 1.82) is 0 Å². The van der Waals surface area contributed by atoms with E-state index in [0.717, 1.165) is 22.2 Å². The lowest BCUT2D eigenvalue weighted by Gasteiger charge is -2.40. The average Bonchev–Trinajstić information content (AvgIpc) is 3.54. The summed E-state index contributed by atoms with van der Waals surface area (Å²) in [6, 6.07) is 16.1. The minimum absolute atomic E-state index is 0.0199. The van der Waals surface area contributed by atoms with E-state index in [4.69, 9.17) is 4.74 Å². The third-order valence-electron chi connectivity index (χ3n) is 7.27. The van der Waals surface area contributed by atoms with Crippen LogP contribution in [0.25, 0.3) is 10.9 Å². The third kappa shape index (κ3) is 4.70. The normalized spacial score (nSPS) is 21.7. The SMILES string of the molecule is CCC(=O)C(=O)N(CCc1cc2ccccc2[nH]1)[C@@H]1C=C(C(=O)NCCO)[C@@H]2c3ccccc3O[C@@H]2[C@H]1O. The van der Waals surface area contributed by atoms with Gasteiger partial charge in [0.2, 0.25) is 11.7 Å². The lowest BCUT2D eigenvalue weighted by Crippen LogP contribution is -2.57. The number of Topliss-reactive ketones (excluding diaryl/α,β-unsaturated/α-hetero) is 1. The van der Waals surface area contributed by atoms with Gasteiger partial charge in [-0.1, -0.05) is 43.3 Å². The highest BCUT2D eigenvalue weighted by Crippen LogP contribution is 2.47. The number of aliphatic hydroxyl groups is 2. The zero-order chi connectivity index (χ0) is 26.8. The highest BCUT2D eigenvalue weighted by molar-refractivity contribution is 6.36. The maximum atomic E-state index is 13.3. The van der Waals surface area contributed by atoms with Crippen LogP contribution in [0.4, 0.5) is 0 Å². The molecule has 38 heavy (non-hydrogen) atoms. The number of hydrogen-bond acceptors (Lipinski definition) is 6. The van der Waals surface area contributed by atoms with Gasteiger partial charge in [0.1, 0.15) is 18.0 Å². The van der Waals surface area contributed by atoms with Crippen LogP contribution < -0.4 is 10.1 Å². The Balaban J connectivity index is 1.51. The van der Waals surface area contributed by atoms with Gasteiger partial charge in [0, 0.05) is 48.3 Å². The predicted octanol–water partition coefficient (Wildman–Crippen LogP) is 1.84. The van der Waals surface area contributed by atoms with E-state index in [0.29, 0.717) is 17.7 Å². The Kier molecular flexibility index (Phi) is 7.31. The van der Waals surface area contributed by atoms with Crippen LogP contribution in [0.5, 0.6) is 5.75 Å². The van der Waals surface area contributed by atoms with E-state index < -0.39 is 41.8 Å². The zero-order valence-electron chi connectivity index (χ0n) is 21.1. The quantitative estimate of drug-likeness (QED) is 0.320. The number of ketones is 1. The van der Waals surface area contributed by atoms with Gasteiger partial charge in [-0.15, -0.1) is 0 Å². The first kappa shape index (κ1) is 25.7. The Morgan fingerprint density at radius 2 is 1.87 bits per heavy atom. The summed E-state index contributed by atoms with van der Waals surface area (Å²) in [5.74, 6) is -1.71. The van der Waals surface area contributed by atoms with Crippen molar-refractivity contribution < 1.29 is 29.3 Å². The number of carbonyl (C=O) groups is 3. The molecule has 2 heterocycles. The largest absolute Gasteiger partial charge is 0.486 e. The number of aromatic amines is 1. The fraction of sp³-hybridized carbons (Fsp3) is 0.345. The molecule has 0 unspecified atom stereocenters. The van der Waals surface area contributed by atoms with Crippen LogP contribution >= 0.6 is 0 Å². The molecule has 0 saturated carbocycles. The number of ether oxygens (including phenoxy) is 1. The minimum Gasteiger partial charge on any atom is -0.486 e. The summed E-state index contributed by atoms with van der Waals surface area (Å²) in [5.41, 5.74) is 2.94. The monoisotopic (exact) mass is 517 g/mol. The Morgan fingerprint density at radius 3 is 2.63 bits per heavy atom. The van der Waals surface area contributed by atoms with Crippen LogP contribution in [0.3, 0.4) is 0 Å². The lowest BCUT2D eigenvalue weighted by molar-refractivity contribution is -0.148. The van der Waals surface area contributed by atoms with Crippen LogP contribution in [-0.4, -0.2) is 75.6 Å². The van der Waals surface area contributed by atoms with Crippen molar-refractivity contribution in [3.05, 3.63) is 77.5 Å². The highest BCUT2D eigenvalue weighted by Gasteiger charge is 2.50. The zero-order valence-corrected chi connectivity index (χ0v) is 21.1. The van der Waals surface area contributed by atoms with Crippen LogP contribution in [0.15, 0.2) is 66.2 Å². The van der Waals surface area contributed by atoms with E-state index in [9.17, 15) is 24.6 Å². The summed E-state index contributed by atoms with van der Waals surface area (Å²) >= 11 is 0. The number of rotatable bonds is 9. The Hall–Kier alpha value is -3.95. The molecule has 2 aromatic carbocycles.